The molecule has 0 spiro atoms. The van der Waals surface area contributed by atoms with E-state index in [9.17, 15) is 0 Å². The Morgan fingerprint density at radius 2 is 1.46 bits per heavy atom. The molecule has 130 valence electrons. The van der Waals surface area contributed by atoms with Crippen LogP contribution in [0.2, 0.25) is 18.6 Å². The summed E-state index contributed by atoms with van der Waals surface area (Å²) < 4.78 is 0. The van der Waals surface area contributed by atoms with Crippen LogP contribution >= 0.6 is 0 Å². The Morgan fingerprint density at radius 3 is 2.04 bits per heavy atom. The molecule has 1 saturated carbocycles. The van der Waals surface area contributed by atoms with Crippen LogP contribution in [0, 0.1) is 32.1 Å². The zero-order valence-electron chi connectivity index (χ0n) is 14.7. The van der Waals surface area contributed by atoms with Gasteiger partial charge in [-0.25, -0.2) is 0 Å². The SMILES string of the molecule is Cc1cc(C)cc([Si](C)(C)C2[CH-]CC3C=CC=CC32)c1.[Cl-].[Cl-].[Cl-].[Ti+4]. The average Bonchev–Trinajstić information content (AvgIpc) is 2.82. The molecule has 1 aromatic carbocycles. The molecule has 3 unspecified atom stereocenters. The Hall–Kier alpha value is 0.501. The Kier molecular flexibility index (Phi) is 11.8. The maximum Gasteiger partial charge on any atom is 4.00 e. The minimum atomic E-state index is -1.46. The quantitative estimate of drug-likeness (QED) is 0.325. The van der Waals surface area contributed by atoms with Gasteiger partial charge in [-0.15, -0.1) is 0 Å². The molecule has 2 aliphatic carbocycles. The molecule has 2 aliphatic rings. The van der Waals surface area contributed by atoms with Crippen molar-refractivity contribution in [3.63, 3.8) is 0 Å². The second-order valence-electron chi connectivity index (χ2n) is 7.11. The molecule has 0 aliphatic heterocycles. The second kappa shape index (κ2) is 10.6. The summed E-state index contributed by atoms with van der Waals surface area (Å²) in [6.45, 7) is 9.56. The molecular formula is C19H25Cl3SiTi. The summed E-state index contributed by atoms with van der Waals surface area (Å²) >= 11 is 0. The number of aryl methyl sites for hydroxylation is 2. The Bertz CT molecular complexity index is 564. The van der Waals surface area contributed by atoms with Crippen LogP contribution in [0.4, 0.5) is 0 Å². The maximum absolute atomic E-state index is 2.62. The number of benzene rings is 1. The number of rotatable bonds is 2. The molecular weight excluding hydrogens is 411 g/mol. The van der Waals surface area contributed by atoms with E-state index in [1.807, 2.05) is 0 Å². The van der Waals surface area contributed by atoms with Crippen molar-refractivity contribution in [1.29, 1.82) is 0 Å². The third-order valence-electron chi connectivity index (χ3n) is 5.17. The summed E-state index contributed by atoms with van der Waals surface area (Å²) in [5, 5.41) is 1.62. The van der Waals surface area contributed by atoms with Crippen molar-refractivity contribution in [3.05, 3.63) is 60.1 Å². The van der Waals surface area contributed by atoms with Gasteiger partial charge in [0, 0.05) is 0 Å². The average molecular weight is 436 g/mol. The molecule has 0 heterocycles. The third-order valence-corrected chi connectivity index (χ3v) is 9.24. The van der Waals surface area contributed by atoms with E-state index in [4.69, 9.17) is 0 Å². The molecule has 1 fully saturated rings. The molecule has 0 saturated heterocycles. The van der Waals surface area contributed by atoms with Crippen molar-refractivity contribution in [2.24, 2.45) is 11.8 Å². The van der Waals surface area contributed by atoms with Crippen LogP contribution in [0.15, 0.2) is 42.5 Å². The van der Waals surface area contributed by atoms with E-state index in [-0.39, 0.29) is 58.9 Å². The molecule has 0 nitrogen and oxygen atoms in total. The second-order valence-corrected chi connectivity index (χ2v) is 11.8. The normalized spacial score (nSPS) is 23.9. The first-order valence-corrected chi connectivity index (χ1v) is 10.8. The van der Waals surface area contributed by atoms with E-state index in [1.165, 1.54) is 17.5 Å². The van der Waals surface area contributed by atoms with Gasteiger partial charge in [0.05, 0.1) is 8.07 Å². The largest absolute Gasteiger partial charge is 4.00 e. The van der Waals surface area contributed by atoms with Crippen LogP contribution in [-0.2, 0) is 21.7 Å². The van der Waals surface area contributed by atoms with E-state index >= 15 is 0 Å². The summed E-state index contributed by atoms with van der Waals surface area (Å²) in [6, 6.07) is 7.16. The van der Waals surface area contributed by atoms with Gasteiger partial charge in [0.2, 0.25) is 0 Å². The number of hydrogen-bond acceptors (Lipinski definition) is 0. The van der Waals surface area contributed by atoms with Crippen molar-refractivity contribution < 1.29 is 58.9 Å². The van der Waals surface area contributed by atoms with Crippen LogP contribution in [0.3, 0.4) is 0 Å². The first-order chi connectivity index (χ1) is 9.48. The Morgan fingerprint density at radius 1 is 0.917 bits per heavy atom. The minimum absolute atomic E-state index is 0. The molecule has 5 heteroatoms. The number of halogens is 3. The fraction of sp³-hybridized carbons (Fsp3) is 0.421. The van der Waals surface area contributed by atoms with Crippen molar-refractivity contribution in [3.8, 4) is 0 Å². The van der Waals surface area contributed by atoms with Crippen LogP contribution in [-0.4, -0.2) is 8.07 Å². The molecule has 0 amide bonds. The zero-order valence-corrected chi connectivity index (χ0v) is 19.5. The third kappa shape index (κ3) is 5.25. The van der Waals surface area contributed by atoms with Crippen molar-refractivity contribution in [2.75, 3.05) is 0 Å². The molecule has 0 N–H and O–H groups in total. The standard InChI is InChI=1S/C19H25Si.3ClH.Ti/c1-14-11-15(2)13-17(12-14)20(3,4)19-10-9-16-7-5-6-8-18(16)19;;;;/h5-8,10-13,16,18-19H,9H2,1-4H3;3*1H;/q-1;;;;+4/p-3. The van der Waals surface area contributed by atoms with Gasteiger partial charge in [-0.1, -0.05) is 71.9 Å². The predicted octanol–water partition coefficient (Wildman–Crippen LogP) is -4.44. The molecule has 0 radical (unpaired) electrons. The van der Waals surface area contributed by atoms with Crippen LogP contribution in [0.25, 0.3) is 0 Å². The minimum Gasteiger partial charge on any atom is -1.00 e. The maximum atomic E-state index is 2.62. The first kappa shape index (κ1) is 26.7. The molecule has 3 atom stereocenters. The number of hydrogen-bond donors (Lipinski definition) is 0. The van der Waals surface area contributed by atoms with Crippen LogP contribution in [0.5, 0.6) is 0 Å². The van der Waals surface area contributed by atoms with Gasteiger partial charge in [0.25, 0.3) is 0 Å². The zero-order chi connectivity index (χ0) is 14.3. The van der Waals surface area contributed by atoms with Crippen molar-refractivity contribution in [1.82, 2.24) is 0 Å². The summed E-state index contributed by atoms with van der Waals surface area (Å²) in [5.41, 5.74) is 3.60. The van der Waals surface area contributed by atoms with Gasteiger partial charge >= 0.3 is 21.7 Å². The monoisotopic (exact) mass is 434 g/mol. The smallest absolute Gasteiger partial charge is 1.00 e. The first-order valence-electron chi connectivity index (χ1n) is 7.75. The van der Waals surface area contributed by atoms with E-state index < -0.39 is 8.07 Å². The molecule has 0 aromatic heterocycles. The fourth-order valence-corrected chi connectivity index (χ4v) is 7.70. The predicted molar refractivity (Wildman–Crippen MR) is 91.0 cm³/mol. The van der Waals surface area contributed by atoms with Crippen LogP contribution < -0.4 is 42.4 Å². The summed E-state index contributed by atoms with van der Waals surface area (Å²) in [4.78, 5) is 0. The molecule has 0 bridgehead atoms. The molecule has 24 heavy (non-hydrogen) atoms. The van der Waals surface area contributed by atoms with E-state index in [1.54, 1.807) is 5.19 Å². The van der Waals surface area contributed by atoms with Crippen molar-refractivity contribution >= 4 is 13.3 Å². The van der Waals surface area contributed by atoms with Crippen molar-refractivity contribution in [2.45, 2.75) is 38.9 Å². The summed E-state index contributed by atoms with van der Waals surface area (Å²) in [6.07, 6.45) is 13.2. The fourth-order valence-electron chi connectivity index (χ4n) is 4.07. The van der Waals surface area contributed by atoms with Gasteiger partial charge in [0.15, 0.2) is 0 Å². The summed E-state index contributed by atoms with van der Waals surface area (Å²) in [7, 11) is -1.46. The number of fused-ring (bicyclic) bond motifs is 1. The van der Waals surface area contributed by atoms with Gasteiger partial charge < -0.3 is 43.6 Å². The van der Waals surface area contributed by atoms with E-state index in [0.29, 0.717) is 0 Å². The van der Waals surface area contributed by atoms with Crippen LogP contribution in [0.1, 0.15) is 17.5 Å². The topological polar surface area (TPSA) is 0 Å². The van der Waals surface area contributed by atoms with E-state index in [0.717, 1.165) is 17.4 Å². The Labute approximate surface area is 182 Å². The van der Waals surface area contributed by atoms with Gasteiger partial charge in [0.1, 0.15) is 0 Å². The van der Waals surface area contributed by atoms with E-state index in [2.05, 4.69) is 75.9 Å². The Balaban J connectivity index is 0. The van der Waals surface area contributed by atoms with Gasteiger partial charge in [-0.2, -0.15) is 12.0 Å². The summed E-state index contributed by atoms with van der Waals surface area (Å²) in [5.74, 6) is 1.49. The van der Waals surface area contributed by atoms with Gasteiger partial charge in [-0.05, 0) is 25.7 Å². The molecule has 3 rings (SSSR count). The van der Waals surface area contributed by atoms with Gasteiger partial charge in [-0.3, -0.25) is 0 Å². The number of allylic oxidation sites excluding steroid dienone is 4. The molecule has 1 aromatic rings.